The second kappa shape index (κ2) is 6.70. The van der Waals surface area contributed by atoms with Crippen LogP contribution in [-0.2, 0) is 6.42 Å². The zero-order chi connectivity index (χ0) is 19.9. The maximum Gasteiger partial charge on any atom is 0.425 e. The molecule has 0 N–H and O–H groups in total. The maximum atomic E-state index is 12.5. The lowest BCUT2D eigenvalue weighted by Gasteiger charge is -2.13. The number of carbonyl (C=O) groups excluding carboxylic acids is 2. The summed E-state index contributed by atoms with van der Waals surface area (Å²) in [4.78, 5) is 31.0. The second-order valence-electron chi connectivity index (χ2n) is 6.44. The number of nitrogens with zero attached hydrogens (tertiary/aromatic N) is 2. The minimum absolute atomic E-state index is 0.125. The van der Waals surface area contributed by atoms with Crippen LogP contribution in [0.2, 0.25) is 0 Å². The number of carbonyl (C=O) groups is 2. The number of hydrogen-bond donors (Lipinski definition) is 0. The van der Waals surface area contributed by atoms with Gasteiger partial charge in [-0.15, -0.1) is 0 Å². The molecule has 1 aromatic heterocycles. The van der Waals surface area contributed by atoms with Crippen LogP contribution in [0.25, 0.3) is 10.9 Å². The van der Waals surface area contributed by atoms with Gasteiger partial charge in [-0.2, -0.15) is 17.9 Å². The Hall–Kier alpha value is -3.29. The largest absolute Gasteiger partial charge is 0.425 e. The summed E-state index contributed by atoms with van der Waals surface area (Å²) < 4.78 is 38.6. The molecule has 1 aliphatic heterocycles. The topological polar surface area (TPSA) is 51.5 Å². The van der Waals surface area contributed by atoms with E-state index in [0.29, 0.717) is 34.0 Å². The molecule has 3 aromatic rings. The number of amides is 2. The highest BCUT2D eigenvalue weighted by Crippen LogP contribution is 2.25. The molecule has 2 aromatic carbocycles. The molecular formula is C20H15F3N2O3. The van der Waals surface area contributed by atoms with Gasteiger partial charge in [-0.3, -0.25) is 14.5 Å². The second-order valence-corrected chi connectivity index (χ2v) is 6.44. The molecule has 0 unspecified atom stereocenters. The van der Waals surface area contributed by atoms with E-state index in [2.05, 4.69) is 0 Å². The number of aromatic nitrogens is 1. The SMILES string of the molecule is O=C1c2ccccc2C(=O)N1CCc1cn(OCC(F)(F)F)c2ccccc12. The lowest BCUT2D eigenvalue weighted by atomic mass is 10.1. The Morgan fingerprint density at radius 2 is 1.50 bits per heavy atom. The summed E-state index contributed by atoms with van der Waals surface area (Å²) in [5.41, 5.74) is 1.91. The van der Waals surface area contributed by atoms with E-state index in [1.807, 2.05) is 0 Å². The third-order valence-corrected chi connectivity index (χ3v) is 4.61. The molecule has 0 bridgehead atoms. The molecule has 0 aliphatic carbocycles. The number of benzene rings is 2. The number of hydrogen-bond acceptors (Lipinski definition) is 3. The van der Waals surface area contributed by atoms with Crippen molar-refractivity contribution in [1.29, 1.82) is 0 Å². The van der Waals surface area contributed by atoms with Gasteiger partial charge in [0.05, 0.1) is 16.6 Å². The Bertz CT molecular complexity index is 1040. The molecule has 4 rings (SSSR count). The predicted molar refractivity (Wildman–Crippen MR) is 95.0 cm³/mol. The Morgan fingerprint density at radius 3 is 2.14 bits per heavy atom. The fraction of sp³-hybridized carbons (Fsp3) is 0.200. The Labute approximate surface area is 157 Å². The normalized spacial score (nSPS) is 14.0. The number of alkyl halides is 3. The summed E-state index contributed by atoms with van der Waals surface area (Å²) in [5, 5.41) is 0.710. The number of imide groups is 1. The molecule has 0 atom stereocenters. The first-order chi connectivity index (χ1) is 13.3. The lowest BCUT2D eigenvalue weighted by Crippen LogP contribution is -2.31. The average molecular weight is 388 g/mol. The van der Waals surface area contributed by atoms with Gasteiger partial charge in [0.25, 0.3) is 11.8 Å². The third kappa shape index (κ3) is 3.21. The molecular weight excluding hydrogens is 373 g/mol. The van der Waals surface area contributed by atoms with Gasteiger partial charge in [-0.25, -0.2) is 0 Å². The van der Waals surface area contributed by atoms with Crippen LogP contribution in [0.1, 0.15) is 26.3 Å². The molecule has 1 aliphatic rings. The molecule has 0 spiro atoms. The number of halogens is 3. The van der Waals surface area contributed by atoms with E-state index in [1.165, 1.54) is 6.20 Å². The highest BCUT2D eigenvalue weighted by Gasteiger charge is 2.35. The highest BCUT2D eigenvalue weighted by molar-refractivity contribution is 6.21. The van der Waals surface area contributed by atoms with Gasteiger partial charge >= 0.3 is 6.18 Å². The lowest BCUT2D eigenvalue weighted by molar-refractivity contribution is -0.173. The van der Waals surface area contributed by atoms with Crippen molar-refractivity contribution in [3.05, 3.63) is 71.4 Å². The molecule has 0 radical (unpaired) electrons. The molecule has 0 saturated carbocycles. The Balaban J connectivity index is 1.56. The van der Waals surface area contributed by atoms with Gasteiger partial charge in [-0.1, -0.05) is 30.3 Å². The minimum Gasteiger partial charge on any atom is -0.404 e. The van der Waals surface area contributed by atoms with E-state index in [9.17, 15) is 22.8 Å². The minimum atomic E-state index is -4.45. The van der Waals surface area contributed by atoms with Crippen molar-refractivity contribution < 1.29 is 27.6 Å². The van der Waals surface area contributed by atoms with Crippen LogP contribution in [0, 0.1) is 0 Å². The summed E-state index contributed by atoms with van der Waals surface area (Å²) in [6.07, 6.45) is -2.69. The molecule has 2 heterocycles. The predicted octanol–water partition coefficient (Wildman–Crippen LogP) is 3.47. The molecule has 5 nitrogen and oxygen atoms in total. The van der Waals surface area contributed by atoms with E-state index < -0.39 is 12.8 Å². The van der Waals surface area contributed by atoms with Crippen molar-refractivity contribution in [2.75, 3.05) is 13.2 Å². The number of fused-ring (bicyclic) bond motifs is 2. The number of para-hydroxylation sites is 1. The first-order valence-corrected chi connectivity index (χ1v) is 8.59. The summed E-state index contributed by atoms with van der Waals surface area (Å²) >= 11 is 0. The van der Waals surface area contributed by atoms with Gasteiger partial charge in [0.1, 0.15) is 0 Å². The van der Waals surface area contributed by atoms with Crippen molar-refractivity contribution in [2.24, 2.45) is 0 Å². The fourth-order valence-electron chi connectivity index (χ4n) is 3.34. The van der Waals surface area contributed by atoms with Crippen molar-refractivity contribution in [3.8, 4) is 0 Å². The van der Waals surface area contributed by atoms with E-state index >= 15 is 0 Å². The van der Waals surface area contributed by atoms with Crippen LogP contribution < -0.4 is 4.84 Å². The summed E-state index contributed by atoms with van der Waals surface area (Å²) in [6, 6.07) is 13.5. The van der Waals surface area contributed by atoms with Crippen molar-refractivity contribution in [3.63, 3.8) is 0 Å². The van der Waals surface area contributed by atoms with E-state index in [4.69, 9.17) is 4.84 Å². The zero-order valence-corrected chi connectivity index (χ0v) is 14.6. The van der Waals surface area contributed by atoms with E-state index in [0.717, 1.165) is 9.63 Å². The summed E-state index contributed by atoms with van der Waals surface area (Å²) in [5.74, 6) is -0.727. The number of rotatable bonds is 5. The van der Waals surface area contributed by atoms with Crippen LogP contribution in [0.3, 0.4) is 0 Å². The van der Waals surface area contributed by atoms with E-state index in [1.54, 1.807) is 48.5 Å². The van der Waals surface area contributed by atoms with Gasteiger partial charge in [0, 0.05) is 18.1 Å². The maximum absolute atomic E-state index is 12.5. The van der Waals surface area contributed by atoms with Crippen molar-refractivity contribution >= 4 is 22.7 Å². The van der Waals surface area contributed by atoms with Crippen LogP contribution in [-0.4, -0.2) is 40.8 Å². The van der Waals surface area contributed by atoms with Crippen LogP contribution in [0.15, 0.2) is 54.7 Å². The first-order valence-electron chi connectivity index (χ1n) is 8.59. The monoisotopic (exact) mass is 388 g/mol. The molecule has 28 heavy (non-hydrogen) atoms. The van der Waals surface area contributed by atoms with E-state index in [-0.39, 0.29) is 18.4 Å². The van der Waals surface area contributed by atoms with Crippen molar-refractivity contribution in [2.45, 2.75) is 12.6 Å². The summed E-state index contributed by atoms with van der Waals surface area (Å²) in [6.45, 7) is -1.29. The molecule has 0 fully saturated rings. The smallest absolute Gasteiger partial charge is 0.404 e. The Kier molecular flexibility index (Phi) is 4.33. The molecule has 144 valence electrons. The van der Waals surface area contributed by atoms with Gasteiger partial charge in [0.15, 0.2) is 0 Å². The van der Waals surface area contributed by atoms with Crippen LogP contribution >= 0.6 is 0 Å². The first kappa shape index (κ1) is 18.1. The zero-order valence-electron chi connectivity index (χ0n) is 14.6. The fourth-order valence-corrected chi connectivity index (χ4v) is 3.34. The average Bonchev–Trinajstić information content (AvgIpc) is 3.14. The molecule has 8 heteroatoms. The van der Waals surface area contributed by atoms with Gasteiger partial charge < -0.3 is 4.84 Å². The standard InChI is InChI=1S/C20H15F3N2O3/c21-20(22,23)12-28-25-11-13(14-5-3-4-8-17(14)25)9-10-24-18(26)15-6-1-2-7-16(15)19(24)27/h1-8,11H,9-10,12H2. The van der Waals surface area contributed by atoms with Gasteiger partial charge in [0.2, 0.25) is 6.61 Å². The molecule has 2 amide bonds. The summed E-state index contributed by atoms with van der Waals surface area (Å²) in [7, 11) is 0. The third-order valence-electron chi connectivity index (χ3n) is 4.61. The highest BCUT2D eigenvalue weighted by atomic mass is 19.4. The van der Waals surface area contributed by atoms with Gasteiger partial charge in [-0.05, 0) is 30.2 Å². The van der Waals surface area contributed by atoms with Crippen molar-refractivity contribution in [1.82, 2.24) is 9.63 Å². The quantitative estimate of drug-likeness (QED) is 0.629. The Morgan fingerprint density at radius 1 is 0.893 bits per heavy atom. The van der Waals surface area contributed by atoms with Crippen LogP contribution in [0.5, 0.6) is 0 Å². The van der Waals surface area contributed by atoms with Crippen LogP contribution in [0.4, 0.5) is 13.2 Å². The molecule has 0 saturated heterocycles.